The van der Waals surface area contributed by atoms with Crippen molar-refractivity contribution in [2.24, 2.45) is 0 Å². The molecular formula is C14H15NO4. The van der Waals surface area contributed by atoms with Gasteiger partial charge in [0.15, 0.2) is 6.10 Å². The second-order valence-electron chi connectivity index (χ2n) is 4.06. The van der Waals surface area contributed by atoms with Crippen molar-refractivity contribution in [1.82, 2.24) is 4.98 Å². The molecule has 2 rings (SSSR count). The molecule has 100 valence electrons. The van der Waals surface area contributed by atoms with Crippen molar-refractivity contribution in [3.05, 3.63) is 42.1 Å². The highest BCUT2D eigenvalue weighted by atomic mass is 16.5. The van der Waals surface area contributed by atoms with E-state index in [4.69, 9.17) is 4.74 Å². The Hall–Kier alpha value is -1.98. The number of rotatable bonds is 4. The average Bonchev–Trinajstić information content (AvgIpc) is 2.45. The molecule has 0 bridgehead atoms. The van der Waals surface area contributed by atoms with Crippen LogP contribution in [0.3, 0.4) is 0 Å². The minimum absolute atomic E-state index is 0.152. The Morgan fingerprint density at radius 2 is 2.05 bits per heavy atom. The maximum absolute atomic E-state index is 11.4. The summed E-state index contributed by atoms with van der Waals surface area (Å²) in [6.45, 7) is 1.79. The van der Waals surface area contributed by atoms with Crippen LogP contribution >= 0.6 is 0 Å². The van der Waals surface area contributed by atoms with Gasteiger partial charge >= 0.3 is 5.97 Å². The molecule has 1 aromatic carbocycles. The zero-order valence-electron chi connectivity index (χ0n) is 10.5. The zero-order valence-corrected chi connectivity index (χ0v) is 10.5. The number of pyridine rings is 1. The van der Waals surface area contributed by atoms with Gasteiger partial charge in [0.05, 0.1) is 12.1 Å². The first-order chi connectivity index (χ1) is 9.15. The van der Waals surface area contributed by atoms with Gasteiger partial charge in [-0.2, -0.15) is 0 Å². The Morgan fingerprint density at radius 1 is 1.32 bits per heavy atom. The first-order valence-corrected chi connectivity index (χ1v) is 6.01. The molecule has 0 aliphatic heterocycles. The van der Waals surface area contributed by atoms with Crippen LogP contribution in [0.1, 0.15) is 18.6 Å². The molecule has 2 atom stereocenters. The molecular weight excluding hydrogens is 246 g/mol. The molecule has 2 unspecified atom stereocenters. The molecule has 0 aliphatic rings. The number of ether oxygens (including phenoxy) is 1. The van der Waals surface area contributed by atoms with Crippen LogP contribution in [0.15, 0.2) is 36.5 Å². The molecule has 0 aliphatic carbocycles. The van der Waals surface area contributed by atoms with Crippen LogP contribution < -0.4 is 0 Å². The number of hydrogen-bond acceptors (Lipinski definition) is 5. The fraction of sp³-hybridized carbons (Fsp3) is 0.286. The van der Waals surface area contributed by atoms with Gasteiger partial charge in [-0.15, -0.1) is 0 Å². The summed E-state index contributed by atoms with van der Waals surface area (Å²) in [6.07, 6.45) is -1.42. The van der Waals surface area contributed by atoms with Gasteiger partial charge in [0.25, 0.3) is 0 Å². The van der Waals surface area contributed by atoms with Gasteiger partial charge < -0.3 is 14.9 Å². The highest BCUT2D eigenvalue weighted by molar-refractivity contribution is 5.84. The van der Waals surface area contributed by atoms with Crippen molar-refractivity contribution in [2.75, 3.05) is 6.61 Å². The largest absolute Gasteiger partial charge is 0.464 e. The first-order valence-electron chi connectivity index (χ1n) is 6.01. The van der Waals surface area contributed by atoms with E-state index in [-0.39, 0.29) is 6.61 Å². The number of aliphatic hydroxyl groups excluding tert-OH is 2. The molecule has 5 heteroatoms. The van der Waals surface area contributed by atoms with Crippen molar-refractivity contribution >= 4 is 16.9 Å². The van der Waals surface area contributed by atoms with Gasteiger partial charge in [0.2, 0.25) is 0 Å². The fourth-order valence-electron chi connectivity index (χ4n) is 1.90. The topological polar surface area (TPSA) is 79.7 Å². The summed E-state index contributed by atoms with van der Waals surface area (Å²) in [5.74, 6) is -0.837. The molecule has 0 radical (unpaired) electrons. The molecule has 0 spiro atoms. The van der Waals surface area contributed by atoms with Crippen molar-refractivity contribution in [3.63, 3.8) is 0 Å². The van der Waals surface area contributed by atoms with Crippen molar-refractivity contribution in [1.29, 1.82) is 0 Å². The third-order valence-electron chi connectivity index (χ3n) is 2.83. The van der Waals surface area contributed by atoms with Gasteiger partial charge in [-0.1, -0.05) is 18.2 Å². The summed E-state index contributed by atoms with van der Waals surface area (Å²) >= 11 is 0. The zero-order chi connectivity index (χ0) is 13.8. The number of para-hydroxylation sites is 1. The van der Waals surface area contributed by atoms with Crippen LogP contribution in [0.5, 0.6) is 0 Å². The van der Waals surface area contributed by atoms with E-state index in [2.05, 4.69) is 4.98 Å². The lowest BCUT2D eigenvalue weighted by molar-refractivity contribution is -0.159. The fourth-order valence-corrected chi connectivity index (χ4v) is 1.90. The van der Waals surface area contributed by atoms with E-state index in [9.17, 15) is 15.0 Å². The molecule has 0 fully saturated rings. The molecule has 0 saturated heterocycles. The van der Waals surface area contributed by atoms with E-state index < -0.39 is 18.2 Å². The van der Waals surface area contributed by atoms with E-state index in [0.29, 0.717) is 16.5 Å². The average molecular weight is 261 g/mol. The van der Waals surface area contributed by atoms with Gasteiger partial charge in [-0.3, -0.25) is 4.98 Å². The Morgan fingerprint density at radius 3 is 2.79 bits per heavy atom. The third kappa shape index (κ3) is 2.72. The van der Waals surface area contributed by atoms with Crippen LogP contribution in [0, 0.1) is 0 Å². The number of aromatic nitrogens is 1. The number of esters is 1. The lowest BCUT2D eigenvalue weighted by Gasteiger charge is -2.18. The predicted molar refractivity (Wildman–Crippen MR) is 69.3 cm³/mol. The Bertz CT molecular complexity index is 579. The van der Waals surface area contributed by atoms with Gasteiger partial charge in [-0.05, 0) is 24.6 Å². The molecule has 2 N–H and O–H groups in total. The number of nitrogens with zero attached hydrogens (tertiary/aromatic N) is 1. The molecule has 19 heavy (non-hydrogen) atoms. The Labute approximate surface area is 110 Å². The van der Waals surface area contributed by atoms with Crippen molar-refractivity contribution in [3.8, 4) is 0 Å². The minimum Gasteiger partial charge on any atom is -0.464 e. The molecule has 5 nitrogen and oxygen atoms in total. The van der Waals surface area contributed by atoms with Crippen LogP contribution in [-0.4, -0.2) is 33.9 Å². The molecule has 2 aromatic rings. The highest BCUT2D eigenvalue weighted by Gasteiger charge is 2.28. The summed E-state index contributed by atoms with van der Waals surface area (Å²) in [4.78, 5) is 15.6. The normalized spacial score (nSPS) is 14.1. The summed E-state index contributed by atoms with van der Waals surface area (Å²) in [6, 6.07) is 8.78. The number of hydrogen-bond donors (Lipinski definition) is 2. The lowest BCUT2D eigenvalue weighted by Crippen LogP contribution is -2.30. The maximum atomic E-state index is 11.4. The first kappa shape index (κ1) is 13.5. The van der Waals surface area contributed by atoms with Crippen molar-refractivity contribution < 1.29 is 19.7 Å². The second-order valence-corrected chi connectivity index (χ2v) is 4.06. The monoisotopic (exact) mass is 261 g/mol. The van der Waals surface area contributed by atoms with E-state index in [1.807, 2.05) is 6.07 Å². The van der Waals surface area contributed by atoms with Gasteiger partial charge in [0, 0.05) is 11.6 Å². The standard InChI is InChI=1S/C14H15NO4/c1-2-19-14(18)13(17)12(16)10-7-8-15-11-6-4-3-5-9(10)11/h3-8,12-13,16-17H,2H2,1H3. The maximum Gasteiger partial charge on any atom is 0.338 e. The number of carbonyl (C=O) groups is 1. The van der Waals surface area contributed by atoms with E-state index in [1.54, 1.807) is 31.2 Å². The van der Waals surface area contributed by atoms with Gasteiger partial charge in [0.1, 0.15) is 6.10 Å². The minimum atomic E-state index is -1.61. The van der Waals surface area contributed by atoms with E-state index in [1.165, 1.54) is 6.20 Å². The number of aliphatic hydroxyl groups is 2. The van der Waals surface area contributed by atoms with Crippen LogP contribution in [0.4, 0.5) is 0 Å². The van der Waals surface area contributed by atoms with Crippen LogP contribution in [0.2, 0.25) is 0 Å². The predicted octanol–water partition coefficient (Wildman–Crippen LogP) is 1.19. The number of fused-ring (bicyclic) bond motifs is 1. The van der Waals surface area contributed by atoms with Crippen molar-refractivity contribution in [2.45, 2.75) is 19.1 Å². The quantitative estimate of drug-likeness (QED) is 0.808. The molecule has 1 heterocycles. The van der Waals surface area contributed by atoms with Crippen LogP contribution in [-0.2, 0) is 9.53 Å². The highest BCUT2D eigenvalue weighted by Crippen LogP contribution is 2.25. The summed E-state index contributed by atoms with van der Waals surface area (Å²) in [5.41, 5.74) is 1.14. The molecule has 1 aromatic heterocycles. The number of carbonyl (C=O) groups excluding carboxylic acids is 1. The van der Waals surface area contributed by atoms with Gasteiger partial charge in [-0.25, -0.2) is 4.79 Å². The third-order valence-corrected chi connectivity index (χ3v) is 2.83. The second kappa shape index (κ2) is 5.77. The Balaban J connectivity index is 2.36. The number of benzene rings is 1. The SMILES string of the molecule is CCOC(=O)C(O)C(O)c1ccnc2ccccc12. The lowest BCUT2D eigenvalue weighted by atomic mass is 10.0. The smallest absolute Gasteiger partial charge is 0.338 e. The molecule has 0 saturated carbocycles. The van der Waals surface area contributed by atoms with E-state index in [0.717, 1.165) is 0 Å². The summed E-state index contributed by atoms with van der Waals surface area (Å²) < 4.78 is 4.69. The molecule has 0 amide bonds. The Kier molecular flexibility index (Phi) is 4.09. The summed E-state index contributed by atoms with van der Waals surface area (Å²) in [7, 11) is 0. The summed E-state index contributed by atoms with van der Waals surface area (Å²) in [5, 5.41) is 20.6. The van der Waals surface area contributed by atoms with Crippen LogP contribution in [0.25, 0.3) is 10.9 Å². The van der Waals surface area contributed by atoms with E-state index >= 15 is 0 Å².